The van der Waals surface area contributed by atoms with Crippen LogP contribution in [-0.2, 0) is 16.1 Å². The van der Waals surface area contributed by atoms with E-state index in [1.807, 2.05) is 0 Å². The van der Waals surface area contributed by atoms with Gasteiger partial charge in [0.05, 0.1) is 7.11 Å². The first kappa shape index (κ1) is 13.6. The third-order valence-electron chi connectivity index (χ3n) is 2.29. The van der Waals surface area contributed by atoms with Crippen molar-refractivity contribution in [3.8, 4) is 0 Å². The SMILES string of the molecule is COC(=O)C(C)=CCn1c(C)ncc(Br)c1=O. The van der Waals surface area contributed by atoms with Gasteiger partial charge in [0.1, 0.15) is 10.3 Å². The number of ether oxygens (including phenoxy) is 1. The molecule has 0 fully saturated rings. The Morgan fingerprint density at radius 1 is 1.65 bits per heavy atom. The first-order valence-electron chi connectivity index (χ1n) is 4.94. The van der Waals surface area contributed by atoms with E-state index in [2.05, 4.69) is 25.7 Å². The Kier molecular flexibility index (Phi) is 4.62. The number of nitrogens with zero attached hydrogens (tertiary/aromatic N) is 2. The second kappa shape index (κ2) is 5.77. The van der Waals surface area contributed by atoms with Crippen molar-refractivity contribution in [3.05, 3.63) is 38.5 Å². The van der Waals surface area contributed by atoms with Crippen LogP contribution in [0.5, 0.6) is 0 Å². The number of esters is 1. The second-order valence-corrected chi connectivity index (χ2v) is 4.30. The molecule has 0 radical (unpaired) electrons. The van der Waals surface area contributed by atoms with E-state index in [-0.39, 0.29) is 12.1 Å². The molecule has 0 saturated carbocycles. The van der Waals surface area contributed by atoms with Crippen molar-refractivity contribution in [3.63, 3.8) is 0 Å². The lowest BCUT2D eigenvalue weighted by Crippen LogP contribution is -2.23. The molecule has 0 atom stereocenters. The van der Waals surface area contributed by atoms with Gasteiger partial charge in [-0.05, 0) is 29.8 Å². The van der Waals surface area contributed by atoms with E-state index < -0.39 is 5.97 Å². The second-order valence-electron chi connectivity index (χ2n) is 3.45. The molecule has 0 N–H and O–H groups in total. The quantitative estimate of drug-likeness (QED) is 0.626. The van der Waals surface area contributed by atoms with Crippen LogP contribution in [-0.4, -0.2) is 22.6 Å². The summed E-state index contributed by atoms with van der Waals surface area (Å²) in [7, 11) is 1.32. The number of halogens is 1. The molecule has 1 heterocycles. The van der Waals surface area contributed by atoms with Crippen LogP contribution in [0.2, 0.25) is 0 Å². The smallest absolute Gasteiger partial charge is 0.333 e. The summed E-state index contributed by atoms with van der Waals surface area (Å²) in [4.78, 5) is 27.0. The van der Waals surface area contributed by atoms with Crippen LogP contribution in [0, 0.1) is 6.92 Å². The van der Waals surface area contributed by atoms with Crippen molar-refractivity contribution in [1.82, 2.24) is 9.55 Å². The van der Waals surface area contributed by atoms with Gasteiger partial charge in [0.2, 0.25) is 0 Å². The molecule has 6 heteroatoms. The number of methoxy groups -OCH3 is 1. The molecule has 0 aliphatic rings. The highest BCUT2D eigenvalue weighted by molar-refractivity contribution is 9.10. The number of rotatable bonds is 3. The van der Waals surface area contributed by atoms with Gasteiger partial charge >= 0.3 is 5.97 Å². The van der Waals surface area contributed by atoms with Gasteiger partial charge in [-0.15, -0.1) is 0 Å². The maximum absolute atomic E-state index is 11.8. The summed E-state index contributed by atoms with van der Waals surface area (Å²) in [5.74, 6) is 0.186. The molecule has 1 aromatic rings. The Morgan fingerprint density at radius 2 is 2.29 bits per heavy atom. The molecule has 0 amide bonds. The topological polar surface area (TPSA) is 61.2 Å². The minimum Gasteiger partial charge on any atom is -0.466 e. The van der Waals surface area contributed by atoms with Gasteiger partial charge in [-0.3, -0.25) is 9.36 Å². The van der Waals surface area contributed by atoms with Gasteiger partial charge in [0, 0.05) is 18.3 Å². The standard InChI is InChI=1S/C11H13BrN2O3/c1-7(11(16)17-3)4-5-14-8(2)13-6-9(12)10(14)15/h4,6H,5H2,1-3H3. The maximum atomic E-state index is 11.8. The molecule has 92 valence electrons. The van der Waals surface area contributed by atoms with Crippen LogP contribution in [0.4, 0.5) is 0 Å². The molecule has 0 spiro atoms. The number of carbonyl (C=O) groups excluding carboxylic acids is 1. The summed E-state index contributed by atoms with van der Waals surface area (Å²) < 4.78 is 6.43. The molecule has 1 aromatic heterocycles. The first-order valence-corrected chi connectivity index (χ1v) is 5.73. The Bertz CT molecular complexity index is 520. The third kappa shape index (κ3) is 3.26. The van der Waals surface area contributed by atoms with Gasteiger partial charge in [-0.2, -0.15) is 0 Å². The zero-order valence-corrected chi connectivity index (χ0v) is 11.4. The molecule has 1 rings (SSSR count). The summed E-state index contributed by atoms with van der Waals surface area (Å²) >= 11 is 3.12. The van der Waals surface area contributed by atoms with Crippen molar-refractivity contribution in [2.45, 2.75) is 20.4 Å². The van der Waals surface area contributed by atoms with E-state index in [9.17, 15) is 9.59 Å². The lowest BCUT2D eigenvalue weighted by Gasteiger charge is -2.07. The van der Waals surface area contributed by atoms with Crippen molar-refractivity contribution in [2.24, 2.45) is 0 Å². The van der Waals surface area contributed by atoms with Crippen molar-refractivity contribution in [2.75, 3.05) is 7.11 Å². The van der Waals surface area contributed by atoms with E-state index in [0.29, 0.717) is 15.9 Å². The van der Waals surface area contributed by atoms with Crippen LogP contribution < -0.4 is 5.56 Å². The van der Waals surface area contributed by atoms with Gasteiger partial charge in [-0.25, -0.2) is 9.78 Å². The van der Waals surface area contributed by atoms with E-state index in [1.165, 1.54) is 17.9 Å². The van der Waals surface area contributed by atoms with Crippen LogP contribution in [0.1, 0.15) is 12.7 Å². The Hall–Kier alpha value is -1.43. The molecule has 0 aromatic carbocycles. The van der Waals surface area contributed by atoms with E-state index in [1.54, 1.807) is 19.9 Å². The Balaban J connectivity index is 3.01. The number of carbonyl (C=O) groups is 1. The molecular formula is C11H13BrN2O3. The molecule has 5 nitrogen and oxygen atoms in total. The lowest BCUT2D eigenvalue weighted by atomic mass is 10.3. The predicted octanol–water partition coefficient (Wildman–Crippen LogP) is 1.43. The molecular weight excluding hydrogens is 288 g/mol. The maximum Gasteiger partial charge on any atom is 0.333 e. The number of aryl methyl sites for hydroxylation is 1. The van der Waals surface area contributed by atoms with Crippen molar-refractivity contribution < 1.29 is 9.53 Å². The fraction of sp³-hybridized carbons (Fsp3) is 0.364. The number of hydrogen-bond acceptors (Lipinski definition) is 4. The molecule has 0 bridgehead atoms. The van der Waals surface area contributed by atoms with Crippen LogP contribution in [0.15, 0.2) is 27.1 Å². The van der Waals surface area contributed by atoms with Gasteiger partial charge in [0.25, 0.3) is 5.56 Å². The minimum atomic E-state index is -0.404. The minimum absolute atomic E-state index is 0.175. The highest BCUT2D eigenvalue weighted by Crippen LogP contribution is 2.03. The first-order chi connectivity index (χ1) is 7.97. The highest BCUT2D eigenvalue weighted by atomic mass is 79.9. The van der Waals surface area contributed by atoms with Crippen LogP contribution >= 0.6 is 15.9 Å². The summed E-state index contributed by atoms with van der Waals surface area (Å²) in [5, 5.41) is 0. The molecule has 0 aliphatic heterocycles. The summed E-state index contributed by atoms with van der Waals surface area (Å²) in [6.45, 7) is 3.66. The molecule has 0 saturated heterocycles. The lowest BCUT2D eigenvalue weighted by molar-refractivity contribution is -0.136. The zero-order valence-electron chi connectivity index (χ0n) is 9.86. The van der Waals surface area contributed by atoms with Crippen molar-refractivity contribution >= 4 is 21.9 Å². The average molecular weight is 301 g/mol. The highest BCUT2D eigenvalue weighted by Gasteiger charge is 2.06. The van der Waals surface area contributed by atoms with E-state index in [4.69, 9.17) is 0 Å². The van der Waals surface area contributed by atoms with E-state index in [0.717, 1.165) is 0 Å². The van der Waals surface area contributed by atoms with Crippen LogP contribution in [0.25, 0.3) is 0 Å². The van der Waals surface area contributed by atoms with Gasteiger partial charge in [-0.1, -0.05) is 6.08 Å². The Labute approximate surface area is 107 Å². The monoisotopic (exact) mass is 300 g/mol. The fourth-order valence-corrected chi connectivity index (χ4v) is 1.55. The molecule has 0 unspecified atom stereocenters. The predicted molar refractivity (Wildman–Crippen MR) is 66.7 cm³/mol. The summed E-state index contributed by atoms with van der Waals surface area (Å²) in [6, 6.07) is 0. The summed E-state index contributed by atoms with van der Waals surface area (Å²) in [6.07, 6.45) is 3.10. The largest absolute Gasteiger partial charge is 0.466 e. The number of aromatic nitrogens is 2. The van der Waals surface area contributed by atoms with Crippen LogP contribution in [0.3, 0.4) is 0 Å². The molecule has 17 heavy (non-hydrogen) atoms. The average Bonchev–Trinajstić information content (AvgIpc) is 2.32. The number of hydrogen-bond donors (Lipinski definition) is 0. The van der Waals surface area contributed by atoms with Crippen molar-refractivity contribution in [1.29, 1.82) is 0 Å². The zero-order chi connectivity index (χ0) is 13.0. The van der Waals surface area contributed by atoms with Gasteiger partial charge < -0.3 is 4.74 Å². The van der Waals surface area contributed by atoms with E-state index >= 15 is 0 Å². The third-order valence-corrected chi connectivity index (χ3v) is 2.84. The van der Waals surface area contributed by atoms with Gasteiger partial charge in [0.15, 0.2) is 0 Å². The fourth-order valence-electron chi connectivity index (χ4n) is 1.24. The normalized spacial score (nSPS) is 11.4. The molecule has 0 aliphatic carbocycles. The number of allylic oxidation sites excluding steroid dienone is 1. The summed E-state index contributed by atoms with van der Waals surface area (Å²) in [5.41, 5.74) is 0.283. The Morgan fingerprint density at radius 3 is 2.88 bits per heavy atom.